The molecule has 0 saturated heterocycles. The Labute approximate surface area is 67.7 Å². The molecule has 0 rings (SSSR count). The maximum atomic E-state index is 10.8. The zero-order chi connectivity index (χ0) is 8.53. The minimum Gasteiger partial charge on any atom is -0.355 e. The Morgan fingerprint density at radius 1 is 1.73 bits per heavy atom. The van der Waals surface area contributed by atoms with Crippen molar-refractivity contribution in [1.29, 1.82) is 0 Å². The first kappa shape index (κ1) is 9.77. The van der Waals surface area contributed by atoms with Crippen LogP contribution in [0.5, 0.6) is 0 Å². The number of carbonyl (C=O) groups excluding carboxylic acids is 1. The molecule has 0 fully saturated rings. The number of amides is 1. The third-order valence-electron chi connectivity index (χ3n) is 1.08. The summed E-state index contributed by atoms with van der Waals surface area (Å²) in [6.45, 7) is 5.87. The average Bonchev–Trinajstić information content (AvgIpc) is 1.99. The molecule has 0 aromatic rings. The summed E-state index contributed by atoms with van der Waals surface area (Å²) in [6.07, 6.45) is 2.69. The van der Waals surface area contributed by atoms with Crippen molar-refractivity contribution >= 4 is 5.91 Å². The fourth-order valence-electron chi connectivity index (χ4n) is 0.593. The summed E-state index contributed by atoms with van der Waals surface area (Å²) in [7, 11) is 0. The van der Waals surface area contributed by atoms with Gasteiger partial charge in [0, 0.05) is 19.4 Å². The van der Waals surface area contributed by atoms with Crippen LogP contribution in [0.1, 0.15) is 19.8 Å². The normalized spacial score (nSPS) is 7.73. The Hall–Kier alpha value is -1.23. The van der Waals surface area contributed by atoms with Crippen molar-refractivity contribution < 1.29 is 4.79 Å². The molecule has 0 aliphatic carbocycles. The molecule has 2 heteroatoms. The maximum Gasteiger partial charge on any atom is 0.223 e. The summed E-state index contributed by atoms with van der Waals surface area (Å²) >= 11 is 0. The fraction of sp³-hybridized carbons (Fsp3) is 0.444. The molecule has 1 amide bonds. The molecule has 0 radical (unpaired) electrons. The van der Waals surface area contributed by atoms with Crippen LogP contribution in [0.4, 0.5) is 0 Å². The number of carbonyl (C=O) groups is 1. The van der Waals surface area contributed by atoms with Gasteiger partial charge in [-0.3, -0.25) is 4.79 Å². The van der Waals surface area contributed by atoms with E-state index in [-0.39, 0.29) is 5.91 Å². The first-order valence-corrected chi connectivity index (χ1v) is 3.58. The summed E-state index contributed by atoms with van der Waals surface area (Å²) in [6, 6.07) is 0. The lowest BCUT2D eigenvalue weighted by molar-refractivity contribution is -0.120. The van der Waals surface area contributed by atoms with Gasteiger partial charge in [0.25, 0.3) is 0 Å². The highest BCUT2D eigenvalue weighted by atomic mass is 16.1. The number of nitrogens with one attached hydrogen (secondary N) is 1. The molecule has 0 heterocycles. The van der Waals surface area contributed by atoms with E-state index in [9.17, 15) is 4.79 Å². The summed E-state index contributed by atoms with van der Waals surface area (Å²) in [4.78, 5) is 10.8. The predicted octanol–water partition coefficient (Wildman–Crippen LogP) is 1.09. The lowest BCUT2D eigenvalue weighted by atomic mass is 10.3. The van der Waals surface area contributed by atoms with Crippen molar-refractivity contribution in [2.24, 2.45) is 0 Å². The highest BCUT2D eigenvalue weighted by Crippen LogP contribution is 1.79. The Kier molecular flexibility index (Phi) is 6.11. The van der Waals surface area contributed by atoms with Gasteiger partial charge in [0.2, 0.25) is 5.91 Å². The van der Waals surface area contributed by atoms with Gasteiger partial charge < -0.3 is 5.32 Å². The van der Waals surface area contributed by atoms with E-state index in [1.807, 2.05) is 0 Å². The van der Waals surface area contributed by atoms with E-state index in [1.165, 1.54) is 0 Å². The van der Waals surface area contributed by atoms with Gasteiger partial charge in [-0.2, -0.15) is 0 Å². The molecule has 0 aliphatic rings. The van der Waals surface area contributed by atoms with Gasteiger partial charge in [0.15, 0.2) is 0 Å². The largest absolute Gasteiger partial charge is 0.355 e. The molecule has 0 aromatic carbocycles. The van der Waals surface area contributed by atoms with Gasteiger partial charge in [0.05, 0.1) is 0 Å². The summed E-state index contributed by atoms with van der Waals surface area (Å²) in [5.41, 5.74) is 0. The third kappa shape index (κ3) is 6.66. The molecule has 0 atom stereocenters. The zero-order valence-corrected chi connectivity index (χ0v) is 6.81. The van der Waals surface area contributed by atoms with Crippen molar-refractivity contribution in [2.75, 3.05) is 6.54 Å². The molecule has 0 saturated carbocycles. The summed E-state index contributed by atoms with van der Waals surface area (Å²) < 4.78 is 0. The van der Waals surface area contributed by atoms with Crippen LogP contribution in [0.15, 0.2) is 12.7 Å². The molecule has 2 nitrogen and oxygen atoms in total. The van der Waals surface area contributed by atoms with Crippen LogP contribution in [0.25, 0.3) is 0 Å². The quantitative estimate of drug-likeness (QED) is 0.364. The maximum absolute atomic E-state index is 10.8. The average molecular weight is 151 g/mol. The second-order valence-corrected chi connectivity index (χ2v) is 2.02. The van der Waals surface area contributed by atoms with Crippen LogP contribution >= 0.6 is 0 Å². The van der Waals surface area contributed by atoms with Gasteiger partial charge in [0.1, 0.15) is 0 Å². The Morgan fingerprint density at radius 3 is 3.00 bits per heavy atom. The van der Waals surface area contributed by atoms with Crippen LogP contribution in [-0.2, 0) is 4.79 Å². The van der Waals surface area contributed by atoms with E-state index < -0.39 is 0 Å². The molecule has 0 spiro atoms. The number of hydrogen-bond acceptors (Lipinski definition) is 1. The first-order chi connectivity index (χ1) is 5.31. The van der Waals surface area contributed by atoms with Gasteiger partial charge in [-0.1, -0.05) is 6.08 Å². The van der Waals surface area contributed by atoms with Crippen LogP contribution in [0, 0.1) is 11.8 Å². The van der Waals surface area contributed by atoms with Crippen LogP contribution in [-0.4, -0.2) is 12.5 Å². The second kappa shape index (κ2) is 6.88. The van der Waals surface area contributed by atoms with E-state index in [4.69, 9.17) is 0 Å². The third-order valence-corrected chi connectivity index (χ3v) is 1.08. The lowest BCUT2D eigenvalue weighted by Gasteiger charge is -1.97. The summed E-state index contributed by atoms with van der Waals surface area (Å²) in [5.74, 6) is 5.62. The molecule has 60 valence electrons. The molecule has 1 N–H and O–H groups in total. The molecule has 11 heavy (non-hydrogen) atoms. The molecule has 0 bridgehead atoms. The van der Waals surface area contributed by atoms with Gasteiger partial charge in [-0.05, 0) is 6.92 Å². The molecule has 0 aromatic heterocycles. The minimum absolute atomic E-state index is 0.0119. The number of hydrogen-bond donors (Lipinski definition) is 1. The van der Waals surface area contributed by atoms with Crippen LogP contribution in [0.2, 0.25) is 0 Å². The lowest BCUT2D eigenvalue weighted by Crippen LogP contribution is -2.22. The van der Waals surface area contributed by atoms with E-state index in [0.29, 0.717) is 13.0 Å². The molecular weight excluding hydrogens is 138 g/mol. The highest BCUT2D eigenvalue weighted by Gasteiger charge is 1.93. The SMILES string of the molecule is C=CCC(=O)NCCC#CC. The monoisotopic (exact) mass is 151 g/mol. The standard InChI is InChI=1S/C9H13NO/c1-3-5-6-8-10-9(11)7-4-2/h4H,2,6-8H2,1H3,(H,10,11). The van der Waals surface area contributed by atoms with E-state index >= 15 is 0 Å². The Bertz CT molecular complexity index is 185. The second-order valence-electron chi connectivity index (χ2n) is 2.02. The number of rotatable bonds is 4. The predicted molar refractivity (Wildman–Crippen MR) is 45.9 cm³/mol. The van der Waals surface area contributed by atoms with E-state index in [1.54, 1.807) is 13.0 Å². The van der Waals surface area contributed by atoms with Gasteiger partial charge in [-0.15, -0.1) is 18.4 Å². The highest BCUT2D eigenvalue weighted by molar-refractivity contribution is 5.77. The zero-order valence-electron chi connectivity index (χ0n) is 6.81. The van der Waals surface area contributed by atoms with Crippen molar-refractivity contribution in [3.63, 3.8) is 0 Å². The van der Waals surface area contributed by atoms with Crippen molar-refractivity contribution in [1.82, 2.24) is 5.32 Å². The van der Waals surface area contributed by atoms with Crippen molar-refractivity contribution in [2.45, 2.75) is 19.8 Å². The van der Waals surface area contributed by atoms with Gasteiger partial charge in [-0.25, -0.2) is 0 Å². The molecular formula is C9H13NO. The Balaban J connectivity index is 3.28. The van der Waals surface area contributed by atoms with Crippen LogP contribution < -0.4 is 5.32 Å². The Morgan fingerprint density at radius 2 is 2.45 bits per heavy atom. The minimum atomic E-state index is 0.0119. The molecule has 0 unspecified atom stereocenters. The van der Waals surface area contributed by atoms with Crippen LogP contribution in [0.3, 0.4) is 0 Å². The molecule has 0 aliphatic heterocycles. The van der Waals surface area contributed by atoms with E-state index in [2.05, 4.69) is 23.7 Å². The van der Waals surface area contributed by atoms with E-state index in [0.717, 1.165) is 6.42 Å². The first-order valence-electron chi connectivity index (χ1n) is 3.58. The topological polar surface area (TPSA) is 29.1 Å². The van der Waals surface area contributed by atoms with Crippen molar-refractivity contribution in [3.8, 4) is 11.8 Å². The smallest absolute Gasteiger partial charge is 0.223 e. The fourth-order valence-corrected chi connectivity index (χ4v) is 0.593. The summed E-state index contributed by atoms with van der Waals surface area (Å²) in [5, 5.41) is 2.71. The van der Waals surface area contributed by atoms with Gasteiger partial charge >= 0.3 is 0 Å². The van der Waals surface area contributed by atoms with Crippen molar-refractivity contribution in [3.05, 3.63) is 12.7 Å².